The Morgan fingerprint density at radius 1 is 1.42 bits per heavy atom. The zero-order valence-electron chi connectivity index (χ0n) is 6.78. The smallest absolute Gasteiger partial charge is 0.167 e. The number of aldehydes is 1. The molecule has 66 valence electrons. The fraction of sp³-hybridized carbons (Fsp3) is 0.750. The Balaban J connectivity index is 2.02. The molecule has 0 aromatic rings. The molecule has 0 aromatic carbocycles. The molecule has 2 aliphatic heterocycles. The molecule has 0 aliphatic carbocycles. The molecule has 0 aromatic heterocycles. The summed E-state index contributed by atoms with van der Waals surface area (Å²) in [6.45, 7) is 1.42. The van der Waals surface area contributed by atoms with Crippen molar-refractivity contribution in [2.75, 3.05) is 13.2 Å². The molecule has 1 fully saturated rings. The Labute approximate surface area is 70.5 Å². The van der Waals surface area contributed by atoms with E-state index in [1.165, 1.54) is 0 Å². The number of nitrogens with zero attached hydrogens (tertiary/aromatic N) is 1. The Bertz CT molecular complexity index is 218. The molecule has 4 heteroatoms. The lowest BCUT2D eigenvalue weighted by atomic mass is 9.89. The molecule has 2 rings (SSSR count). The average molecular weight is 169 g/mol. The second kappa shape index (κ2) is 2.86. The van der Waals surface area contributed by atoms with E-state index in [1.807, 2.05) is 0 Å². The summed E-state index contributed by atoms with van der Waals surface area (Å²) in [5, 5.41) is 3.72. The number of carbonyl (C=O) groups is 1. The molecular formula is C8H11NO3. The van der Waals surface area contributed by atoms with E-state index in [4.69, 9.17) is 9.57 Å². The summed E-state index contributed by atoms with van der Waals surface area (Å²) in [4.78, 5) is 15.7. The molecule has 2 aliphatic rings. The largest absolute Gasteiger partial charge is 0.388 e. The Kier molecular flexibility index (Phi) is 1.84. The van der Waals surface area contributed by atoms with Gasteiger partial charge in [0.05, 0.1) is 13.2 Å². The quantitative estimate of drug-likeness (QED) is 0.537. The first-order chi connectivity index (χ1) is 5.85. The molecule has 0 saturated carbocycles. The normalized spacial score (nSPS) is 26.5. The summed E-state index contributed by atoms with van der Waals surface area (Å²) in [6, 6.07) is 0. The van der Waals surface area contributed by atoms with Gasteiger partial charge < -0.3 is 9.57 Å². The minimum Gasteiger partial charge on any atom is -0.388 e. The maximum atomic E-state index is 10.4. The van der Waals surface area contributed by atoms with Crippen LogP contribution in [0.3, 0.4) is 0 Å². The van der Waals surface area contributed by atoms with E-state index in [0.29, 0.717) is 25.3 Å². The van der Waals surface area contributed by atoms with Gasteiger partial charge in [0.1, 0.15) is 11.3 Å². The Hall–Kier alpha value is -0.900. The third kappa shape index (κ3) is 1.22. The summed E-state index contributed by atoms with van der Waals surface area (Å²) >= 11 is 0. The summed E-state index contributed by atoms with van der Waals surface area (Å²) in [6.07, 6.45) is 3.10. The van der Waals surface area contributed by atoms with E-state index in [2.05, 4.69) is 5.16 Å². The molecule has 2 heterocycles. The number of rotatable bonds is 1. The topological polar surface area (TPSA) is 47.9 Å². The van der Waals surface area contributed by atoms with Gasteiger partial charge in [-0.1, -0.05) is 5.16 Å². The van der Waals surface area contributed by atoms with Gasteiger partial charge in [-0.25, -0.2) is 0 Å². The Morgan fingerprint density at radius 2 is 2.17 bits per heavy atom. The van der Waals surface area contributed by atoms with Gasteiger partial charge >= 0.3 is 0 Å². The lowest BCUT2D eigenvalue weighted by Crippen LogP contribution is -2.36. The van der Waals surface area contributed by atoms with Gasteiger partial charge in [-0.05, 0) is 0 Å². The van der Waals surface area contributed by atoms with Crippen LogP contribution in [0.15, 0.2) is 5.16 Å². The highest BCUT2D eigenvalue weighted by atomic mass is 16.7. The van der Waals surface area contributed by atoms with Crippen molar-refractivity contribution in [1.82, 2.24) is 0 Å². The van der Waals surface area contributed by atoms with Crippen LogP contribution in [0.5, 0.6) is 0 Å². The van der Waals surface area contributed by atoms with Crippen LogP contribution in [0.25, 0.3) is 0 Å². The predicted molar refractivity (Wildman–Crippen MR) is 42.0 cm³/mol. The predicted octanol–water partition coefficient (Wildman–Crippen LogP) is 0.511. The number of oxime groups is 1. The molecule has 0 unspecified atom stereocenters. The van der Waals surface area contributed by atoms with Crippen LogP contribution < -0.4 is 0 Å². The van der Waals surface area contributed by atoms with Gasteiger partial charge in [0.25, 0.3) is 0 Å². The van der Waals surface area contributed by atoms with Gasteiger partial charge in [0, 0.05) is 19.3 Å². The van der Waals surface area contributed by atoms with Crippen LogP contribution in [0, 0.1) is 0 Å². The number of hydrogen-bond donors (Lipinski definition) is 0. The van der Waals surface area contributed by atoms with Crippen molar-refractivity contribution < 1.29 is 14.4 Å². The lowest BCUT2D eigenvalue weighted by molar-refractivity contribution is -0.102. The fourth-order valence-corrected chi connectivity index (χ4v) is 1.62. The van der Waals surface area contributed by atoms with Gasteiger partial charge in [-0.15, -0.1) is 0 Å². The summed E-state index contributed by atoms with van der Waals surface area (Å²) in [7, 11) is 0. The van der Waals surface area contributed by atoms with Crippen molar-refractivity contribution in [3.63, 3.8) is 0 Å². The minimum absolute atomic E-state index is 0.214. The van der Waals surface area contributed by atoms with Crippen LogP contribution >= 0.6 is 0 Å². The SMILES string of the molecule is O=CC1=NOC2(CCOCC2)C1. The van der Waals surface area contributed by atoms with E-state index in [-0.39, 0.29) is 5.60 Å². The highest BCUT2D eigenvalue weighted by molar-refractivity contribution is 6.28. The van der Waals surface area contributed by atoms with Crippen molar-refractivity contribution in [3.05, 3.63) is 0 Å². The monoisotopic (exact) mass is 169 g/mol. The minimum atomic E-state index is -0.214. The van der Waals surface area contributed by atoms with Gasteiger partial charge in [-0.2, -0.15) is 0 Å². The number of carbonyl (C=O) groups excluding carboxylic acids is 1. The van der Waals surface area contributed by atoms with Gasteiger partial charge in [0.15, 0.2) is 6.29 Å². The third-order valence-corrected chi connectivity index (χ3v) is 2.40. The summed E-state index contributed by atoms with van der Waals surface area (Å²) < 4.78 is 5.21. The summed E-state index contributed by atoms with van der Waals surface area (Å²) in [5.74, 6) is 0. The van der Waals surface area contributed by atoms with Crippen LogP contribution in [0.4, 0.5) is 0 Å². The van der Waals surface area contributed by atoms with Crippen LogP contribution in [-0.4, -0.2) is 30.8 Å². The average Bonchev–Trinajstić information content (AvgIpc) is 2.50. The molecule has 0 amide bonds. The lowest BCUT2D eigenvalue weighted by Gasteiger charge is -2.30. The first kappa shape index (κ1) is 7.73. The van der Waals surface area contributed by atoms with Crippen molar-refractivity contribution >= 4 is 12.0 Å². The first-order valence-electron chi connectivity index (χ1n) is 4.13. The zero-order chi connectivity index (χ0) is 8.44. The van der Waals surface area contributed by atoms with Crippen LogP contribution in [0.2, 0.25) is 0 Å². The van der Waals surface area contributed by atoms with E-state index in [1.54, 1.807) is 0 Å². The number of hydrogen-bond acceptors (Lipinski definition) is 4. The molecule has 0 N–H and O–H groups in total. The van der Waals surface area contributed by atoms with Crippen LogP contribution in [0.1, 0.15) is 19.3 Å². The van der Waals surface area contributed by atoms with E-state index >= 15 is 0 Å². The zero-order valence-corrected chi connectivity index (χ0v) is 6.78. The third-order valence-electron chi connectivity index (χ3n) is 2.40. The molecule has 0 atom stereocenters. The fourth-order valence-electron chi connectivity index (χ4n) is 1.62. The maximum Gasteiger partial charge on any atom is 0.167 e. The van der Waals surface area contributed by atoms with E-state index < -0.39 is 0 Å². The number of ether oxygens (including phenoxy) is 1. The Morgan fingerprint density at radius 3 is 2.75 bits per heavy atom. The van der Waals surface area contributed by atoms with Crippen molar-refractivity contribution in [2.45, 2.75) is 24.9 Å². The molecular weight excluding hydrogens is 158 g/mol. The first-order valence-corrected chi connectivity index (χ1v) is 4.13. The molecule has 12 heavy (non-hydrogen) atoms. The molecule has 0 radical (unpaired) electrons. The van der Waals surface area contributed by atoms with Gasteiger partial charge in [0.2, 0.25) is 0 Å². The highest BCUT2D eigenvalue weighted by Crippen LogP contribution is 2.33. The van der Waals surface area contributed by atoms with Crippen molar-refractivity contribution in [2.24, 2.45) is 5.16 Å². The van der Waals surface area contributed by atoms with Gasteiger partial charge in [-0.3, -0.25) is 4.79 Å². The van der Waals surface area contributed by atoms with Crippen molar-refractivity contribution in [3.8, 4) is 0 Å². The highest BCUT2D eigenvalue weighted by Gasteiger charge is 2.40. The standard InChI is InChI=1S/C8H11NO3/c10-6-7-5-8(12-9-7)1-3-11-4-2-8/h6H,1-5H2. The van der Waals surface area contributed by atoms with E-state index in [0.717, 1.165) is 19.1 Å². The van der Waals surface area contributed by atoms with Crippen molar-refractivity contribution in [1.29, 1.82) is 0 Å². The van der Waals surface area contributed by atoms with Crippen LogP contribution in [-0.2, 0) is 14.4 Å². The molecule has 4 nitrogen and oxygen atoms in total. The second-order valence-corrected chi connectivity index (χ2v) is 3.26. The van der Waals surface area contributed by atoms with E-state index in [9.17, 15) is 4.79 Å². The maximum absolute atomic E-state index is 10.4. The second-order valence-electron chi connectivity index (χ2n) is 3.26. The molecule has 1 spiro atoms. The summed E-state index contributed by atoms with van der Waals surface area (Å²) in [5.41, 5.74) is 0.311. The molecule has 1 saturated heterocycles. The molecule has 0 bridgehead atoms.